The molecule has 3 heteroatoms. The van der Waals surface area contributed by atoms with Gasteiger partial charge in [-0.15, -0.1) is 0 Å². The summed E-state index contributed by atoms with van der Waals surface area (Å²) in [5.41, 5.74) is 1.09. The molecule has 0 spiro atoms. The van der Waals surface area contributed by atoms with Crippen molar-refractivity contribution in [1.82, 2.24) is 0 Å². The topological polar surface area (TPSA) is 18.5 Å². The molecule has 1 aliphatic heterocycles. The van der Waals surface area contributed by atoms with Gasteiger partial charge in [0.25, 0.3) is 0 Å². The lowest BCUT2D eigenvalue weighted by Crippen LogP contribution is -2.31. The van der Waals surface area contributed by atoms with E-state index in [1.807, 2.05) is 31.2 Å². The van der Waals surface area contributed by atoms with Gasteiger partial charge in [-0.25, -0.2) is 0 Å². The van der Waals surface area contributed by atoms with Gasteiger partial charge < -0.3 is 9.47 Å². The summed E-state index contributed by atoms with van der Waals surface area (Å²) in [6.07, 6.45) is -0.189. The van der Waals surface area contributed by atoms with Crippen LogP contribution in [0.5, 0.6) is 0 Å². The van der Waals surface area contributed by atoms with Crippen LogP contribution in [0.2, 0.25) is 0 Å². The Morgan fingerprint density at radius 1 is 1.17 bits per heavy atom. The van der Waals surface area contributed by atoms with E-state index in [9.17, 15) is 0 Å². The van der Waals surface area contributed by atoms with Gasteiger partial charge in [0.1, 0.15) is 0 Å². The summed E-state index contributed by atoms with van der Waals surface area (Å²) in [6.45, 7) is 1.89. The van der Waals surface area contributed by atoms with Crippen LogP contribution in [-0.4, -0.2) is 6.29 Å². The van der Waals surface area contributed by atoms with E-state index >= 15 is 0 Å². The van der Waals surface area contributed by atoms with Gasteiger partial charge in [-0.3, -0.25) is 0 Å². The summed E-state index contributed by atoms with van der Waals surface area (Å²) in [4.78, 5) is 0. The molecule has 1 aromatic rings. The zero-order valence-electron chi connectivity index (χ0n) is 6.66. The summed E-state index contributed by atoms with van der Waals surface area (Å²) < 4.78 is 11.9. The van der Waals surface area contributed by atoms with E-state index in [4.69, 9.17) is 9.47 Å². The summed E-state index contributed by atoms with van der Waals surface area (Å²) in [5.74, 6) is 0. The van der Waals surface area contributed by atoms with Gasteiger partial charge in [0.15, 0.2) is 12.6 Å². The number of ether oxygens (including phenoxy) is 2. The zero-order chi connectivity index (χ0) is 8.55. The van der Waals surface area contributed by atoms with Gasteiger partial charge in [-0.2, -0.15) is 0 Å². The van der Waals surface area contributed by atoms with Crippen molar-refractivity contribution < 1.29 is 9.47 Å². The van der Waals surface area contributed by atoms with E-state index in [-0.39, 0.29) is 12.6 Å². The lowest BCUT2D eigenvalue weighted by molar-refractivity contribution is -0.382. The first-order valence-corrected chi connectivity index (χ1v) is 4.90. The third-order valence-corrected chi connectivity index (χ3v) is 2.49. The van der Waals surface area contributed by atoms with Crippen LogP contribution in [0.3, 0.4) is 0 Å². The third kappa shape index (κ3) is 1.62. The fourth-order valence-corrected chi connectivity index (χ4v) is 1.49. The average molecular weight is 276 g/mol. The van der Waals surface area contributed by atoms with E-state index in [0.717, 1.165) is 5.56 Å². The molecule has 0 N–H and O–H groups in total. The van der Waals surface area contributed by atoms with Crippen LogP contribution in [0, 0.1) is 3.57 Å². The Morgan fingerprint density at radius 3 is 2.25 bits per heavy atom. The predicted octanol–water partition coefficient (Wildman–Crippen LogP) is 2.68. The first-order valence-electron chi connectivity index (χ1n) is 3.82. The van der Waals surface area contributed by atoms with Crippen molar-refractivity contribution in [2.45, 2.75) is 19.5 Å². The molecule has 64 valence electrons. The first kappa shape index (κ1) is 8.47. The van der Waals surface area contributed by atoms with Crippen LogP contribution in [0.4, 0.5) is 0 Å². The maximum Gasteiger partial charge on any atom is 0.189 e. The number of rotatable bonds is 1. The molecule has 0 aliphatic carbocycles. The van der Waals surface area contributed by atoms with Gasteiger partial charge in [0, 0.05) is 9.13 Å². The number of benzene rings is 1. The molecular formula is C9H9IO2. The molecule has 0 aromatic heterocycles. The standard InChI is InChI=1S/C9H9IO2/c1-6-11-9(12-6)7-2-4-8(10)5-3-7/h2-6,9H,1H3. The van der Waals surface area contributed by atoms with Gasteiger partial charge in [-0.1, -0.05) is 12.1 Å². The number of hydrogen-bond donors (Lipinski definition) is 0. The van der Waals surface area contributed by atoms with Crippen LogP contribution in [0.15, 0.2) is 24.3 Å². The van der Waals surface area contributed by atoms with Gasteiger partial charge in [-0.05, 0) is 41.6 Å². The summed E-state index contributed by atoms with van der Waals surface area (Å²) in [5, 5.41) is 0. The lowest BCUT2D eigenvalue weighted by Gasteiger charge is -2.33. The Balaban J connectivity index is 2.09. The fourth-order valence-electron chi connectivity index (χ4n) is 1.14. The Hall–Kier alpha value is -0.130. The van der Waals surface area contributed by atoms with Crippen molar-refractivity contribution in [2.24, 2.45) is 0 Å². The fraction of sp³-hybridized carbons (Fsp3) is 0.333. The molecule has 0 saturated carbocycles. The third-order valence-electron chi connectivity index (χ3n) is 1.77. The van der Waals surface area contributed by atoms with Crippen LogP contribution in [0.25, 0.3) is 0 Å². The second-order valence-electron chi connectivity index (χ2n) is 2.72. The minimum Gasteiger partial charge on any atom is -0.320 e. The van der Waals surface area contributed by atoms with Gasteiger partial charge >= 0.3 is 0 Å². The molecule has 2 nitrogen and oxygen atoms in total. The van der Waals surface area contributed by atoms with Crippen molar-refractivity contribution >= 4 is 22.6 Å². The maximum absolute atomic E-state index is 5.34. The monoisotopic (exact) mass is 276 g/mol. The van der Waals surface area contributed by atoms with E-state index in [1.165, 1.54) is 3.57 Å². The molecule has 12 heavy (non-hydrogen) atoms. The molecule has 1 heterocycles. The molecular weight excluding hydrogens is 267 g/mol. The average Bonchev–Trinajstić information content (AvgIpc) is 2.01. The molecule has 1 saturated heterocycles. The molecule has 2 rings (SSSR count). The van der Waals surface area contributed by atoms with Crippen molar-refractivity contribution in [3.05, 3.63) is 33.4 Å². The Bertz CT molecular complexity index is 264. The molecule has 0 amide bonds. The Morgan fingerprint density at radius 2 is 1.75 bits per heavy atom. The molecule has 0 unspecified atom stereocenters. The maximum atomic E-state index is 5.34. The van der Waals surface area contributed by atoms with Crippen LogP contribution in [0.1, 0.15) is 18.8 Å². The second-order valence-corrected chi connectivity index (χ2v) is 3.97. The highest BCUT2D eigenvalue weighted by atomic mass is 127. The minimum absolute atomic E-state index is 0.0470. The van der Waals surface area contributed by atoms with E-state index in [0.29, 0.717) is 0 Å². The predicted molar refractivity (Wildman–Crippen MR) is 53.5 cm³/mol. The largest absolute Gasteiger partial charge is 0.320 e. The van der Waals surface area contributed by atoms with Gasteiger partial charge in [0.2, 0.25) is 0 Å². The van der Waals surface area contributed by atoms with Crippen LogP contribution >= 0.6 is 22.6 Å². The van der Waals surface area contributed by atoms with Crippen molar-refractivity contribution in [1.29, 1.82) is 0 Å². The molecule has 0 bridgehead atoms. The summed E-state index contributed by atoms with van der Waals surface area (Å²) in [6, 6.07) is 8.15. The van der Waals surface area contributed by atoms with Crippen LogP contribution < -0.4 is 0 Å². The Labute approximate surface area is 85.0 Å². The van der Waals surface area contributed by atoms with Crippen molar-refractivity contribution in [2.75, 3.05) is 0 Å². The molecule has 1 aliphatic rings. The summed E-state index contributed by atoms with van der Waals surface area (Å²) >= 11 is 2.27. The number of hydrogen-bond acceptors (Lipinski definition) is 2. The highest BCUT2D eigenvalue weighted by Gasteiger charge is 2.27. The molecule has 1 aromatic carbocycles. The van der Waals surface area contributed by atoms with Crippen molar-refractivity contribution in [3.63, 3.8) is 0 Å². The zero-order valence-corrected chi connectivity index (χ0v) is 8.82. The van der Waals surface area contributed by atoms with Crippen LogP contribution in [-0.2, 0) is 9.47 Å². The quantitative estimate of drug-likeness (QED) is 0.734. The highest BCUT2D eigenvalue weighted by Crippen LogP contribution is 2.31. The van der Waals surface area contributed by atoms with E-state index in [1.54, 1.807) is 0 Å². The molecule has 0 atom stereocenters. The number of halogens is 1. The Kier molecular flexibility index (Phi) is 2.34. The van der Waals surface area contributed by atoms with Crippen molar-refractivity contribution in [3.8, 4) is 0 Å². The second kappa shape index (κ2) is 3.32. The SMILES string of the molecule is CC1OC(c2ccc(I)cc2)O1. The van der Waals surface area contributed by atoms with E-state index in [2.05, 4.69) is 22.6 Å². The van der Waals surface area contributed by atoms with Gasteiger partial charge in [0.05, 0.1) is 0 Å². The minimum atomic E-state index is -0.142. The first-order chi connectivity index (χ1) is 5.75. The normalized spacial score (nSPS) is 28.2. The smallest absolute Gasteiger partial charge is 0.189 e. The highest BCUT2D eigenvalue weighted by molar-refractivity contribution is 14.1. The van der Waals surface area contributed by atoms with E-state index < -0.39 is 0 Å². The lowest BCUT2D eigenvalue weighted by atomic mass is 10.2. The summed E-state index contributed by atoms with van der Waals surface area (Å²) in [7, 11) is 0. The molecule has 0 radical (unpaired) electrons. The molecule has 1 fully saturated rings.